The Bertz CT molecular complexity index is 491. The van der Waals surface area contributed by atoms with Gasteiger partial charge in [-0.15, -0.1) is 5.92 Å². The van der Waals surface area contributed by atoms with Gasteiger partial charge in [0.05, 0.1) is 0 Å². The van der Waals surface area contributed by atoms with Gasteiger partial charge in [-0.1, -0.05) is 12.0 Å². The third-order valence-corrected chi connectivity index (χ3v) is 1.97. The molecular weight excluding hydrogens is 241 g/mol. The highest BCUT2D eigenvalue weighted by atomic mass is 32.1. The summed E-state index contributed by atoms with van der Waals surface area (Å²) in [7, 11) is 0. The maximum Gasteiger partial charge on any atom is 0.264 e. The van der Waals surface area contributed by atoms with Crippen molar-refractivity contribution >= 4 is 23.3 Å². The van der Waals surface area contributed by atoms with Crippen molar-refractivity contribution in [2.24, 2.45) is 0 Å². The van der Waals surface area contributed by atoms with Crippen LogP contribution in [0.3, 0.4) is 0 Å². The van der Waals surface area contributed by atoms with E-state index >= 15 is 0 Å². The second kappa shape index (κ2) is 6.61. The Morgan fingerprint density at radius 3 is 3.00 bits per heavy atom. The fraction of sp³-hybridized carbons (Fsp3) is 0.167. The quantitative estimate of drug-likeness (QED) is 0.644. The van der Waals surface area contributed by atoms with Crippen molar-refractivity contribution in [2.45, 2.75) is 6.92 Å². The zero-order valence-electron chi connectivity index (χ0n) is 9.12. The number of hydrogen-bond donors (Lipinski definition) is 1. The first-order chi connectivity index (χ1) is 8.13. The van der Waals surface area contributed by atoms with Gasteiger partial charge in [0.25, 0.3) is 11.1 Å². The summed E-state index contributed by atoms with van der Waals surface area (Å²) >= 11 is 4.76. The molecule has 0 aliphatic carbocycles. The van der Waals surface area contributed by atoms with Crippen LogP contribution in [0.4, 0.5) is 4.39 Å². The van der Waals surface area contributed by atoms with Crippen molar-refractivity contribution in [1.82, 2.24) is 5.32 Å². The maximum atomic E-state index is 12.9. The average Bonchev–Trinajstić information content (AvgIpc) is 2.29. The number of hydrogen-bond acceptors (Lipinski definition) is 3. The van der Waals surface area contributed by atoms with Crippen molar-refractivity contribution in [3.05, 3.63) is 35.6 Å². The maximum absolute atomic E-state index is 12.9. The molecule has 88 valence electrons. The van der Waals surface area contributed by atoms with E-state index in [-0.39, 0.29) is 17.3 Å². The lowest BCUT2D eigenvalue weighted by atomic mass is 10.2. The summed E-state index contributed by atoms with van der Waals surface area (Å²) in [5, 5.41) is 2.24. The summed E-state index contributed by atoms with van der Waals surface area (Å²) < 4.78 is 17.8. The number of carbonyl (C=O) groups is 1. The molecule has 1 aromatic carbocycles. The van der Waals surface area contributed by atoms with E-state index in [4.69, 9.17) is 17.0 Å². The summed E-state index contributed by atoms with van der Waals surface area (Å²) in [5.41, 5.74) is 0.178. The predicted molar refractivity (Wildman–Crippen MR) is 65.9 cm³/mol. The molecule has 0 atom stereocenters. The largest absolute Gasteiger partial charge is 0.458 e. The van der Waals surface area contributed by atoms with E-state index in [0.717, 1.165) is 6.07 Å². The molecule has 1 N–H and O–H groups in total. The van der Waals surface area contributed by atoms with Crippen LogP contribution in [0.5, 0.6) is 0 Å². The smallest absolute Gasteiger partial charge is 0.264 e. The summed E-state index contributed by atoms with van der Waals surface area (Å²) in [6.45, 7) is 1.77. The molecule has 1 aromatic rings. The first-order valence-corrected chi connectivity index (χ1v) is 5.17. The number of ether oxygens (including phenoxy) is 1. The van der Waals surface area contributed by atoms with Gasteiger partial charge in [-0.3, -0.25) is 10.1 Å². The Balaban J connectivity index is 2.54. The average molecular weight is 251 g/mol. The molecule has 0 aliphatic heterocycles. The van der Waals surface area contributed by atoms with E-state index in [1.165, 1.54) is 18.2 Å². The Hall–Kier alpha value is -1.93. The molecular formula is C12H10FNO2S. The Morgan fingerprint density at radius 1 is 1.59 bits per heavy atom. The monoisotopic (exact) mass is 251 g/mol. The van der Waals surface area contributed by atoms with Crippen molar-refractivity contribution < 1.29 is 13.9 Å². The van der Waals surface area contributed by atoms with Crippen LogP contribution >= 0.6 is 12.2 Å². The summed E-state index contributed by atoms with van der Waals surface area (Å²) in [4.78, 5) is 11.6. The number of nitrogens with one attached hydrogen (secondary N) is 1. The van der Waals surface area contributed by atoms with E-state index in [1.807, 2.05) is 0 Å². The number of benzene rings is 1. The first-order valence-electron chi connectivity index (χ1n) is 4.76. The highest BCUT2D eigenvalue weighted by molar-refractivity contribution is 7.80. The molecule has 0 saturated carbocycles. The van der Waals surface area contributed by atoms with Gasteiger partial charge in [-0.05, 0) is 37.3 Å². The van der Waals surface area contributed by atoms with Crippen molar-refractivity contribution in [1.29, 1.82) is 0 Å². The van der Waals surface area contributed by atoms with Crippen LogP contribution in [0.2, 0.25) is 0 Å². The van der Waals surface area contributed by atoms with Gasteiger partial charge in [0.1, 0.15) is 5.82 Å². The van der Waals surface area contributed by atoms with E-state index in [1.54, 1.807) is 6.92 Å². The van der Waals surface area contributed by atoms with Gasteiger partial charge < -0.3 is 4.74 Å². The highest BCUT2D eigenvalue weighted by Gasteiger charge is 2.08. The first kappa shape index (κ1) is 13.1. The molecule has 1 amide bonds. The van der Waals surface area contributed by atoms with E-state index < -0.39 is 11.7 Å². The number of carbonyl (C=O) groups excluding carboxylic acids is 1. The number of rotatable bonds is 2. The molecule has 0 heterocycles. The lowest BCUT2D eigenvalue weighted by Gasteiger charge is -2.06. The van der Waals surface area contributed by atoms with Crippen LogP contribution in [0.1, 0.15) is 17.3 Å². The Kier molecular flexibility index (Phi) is 5.11. The van der Waals surface area contributed by atoms with E-state index in [2.05, 4.69) is 17.2 Å². The molecule has 3 nitrogen and oxygen atoms in total. The minimum atomic E-state index is -0.515. The van der Waals surface area contributed by atoms with Gasteiger partial charge in [0, 0.05) is 5.56 Å². The predicted octanol–water partition coefficient (Wildman–Crippen LogP) is 1.88. The molecule has 0 bridgehead atoms. The summed E-state index contributed by atoms with van der Waals surface area (Å²) in [5.74, 6) is 4.25. The van der Waals surface area contributed by atoms with Crippen LogP contribution in [0, 0.1) is 17.7 Å². The molecule has 0 radical (unpaired) electrons. The number of thiocarbonyl (C=S) groups is 1. The second-order valence-electron chi connectivity index (χ2n) is 2.97. The molecule has 17 heavy (non-hydrogen) atoms. The van der Waals surface area contributed by atoms with Gasteiger partial charge in [-0.2, -0.15) is 0 Å². The van der Waals surface area contributed by atoms with Crippen LogP contribution in [-0.2, 0) is 4.74 Å². The molecule has 0 spiro atoms. The molecule has 0 fully saturated rings. The third kappa shape index (κ3) is 4.62. The minimum absolute atomic E-state index is 0.0815. The fourth-order valence-corrected chi connectivity index (χ4v) is 1.16. The van der Waals surface area contributed by atoms with Crippen LogP contribution in [0.15, 0.2) is 24.3 Å². The highest BCUT2D eigenvalue weighted by Crippen LogP contribution is 2.03. The molecule has 0 saturated heterocycles. The lowest BCUT2D eigenvalue weighted by molar-refractivity contribution is 0.0968. The van der Waals surface area contributed by atoms with Gasteiger partial charge in [0.15, 0.2) is 6.61 Å². The van der Waals surface area contributed by atoms with Crippen molar-refractivity contribution in [2.75, 3.05) is 6.61 Å². The number of halogens is 1. The fourth-order valence-electron chi connectivity index (χ4n) is 1.00. The van der Waals surface area contributed by atoms with Gasteiger partial charge in [-0.25, -0.2) is 4.39 Å². The Labute approximate surface area is 104 Å². The van der Waals surface area contributed by atoms with Gasteiger partial charge >= 0.3 is 0 Å². The molecule has 0 aromatic heterocycles. The topological polar surface area (TPSA) is 38.3 Å². The van der Waals surface area contributed by atoms with Crippen molar-refractivity contribution in [3.63, 3.8) is 0 Å². The molecule has 1 rings (SSSR count). The van der Waals surface area contributed by atoms with E-state index in [9.17, 15) is 9.18 Å². The number of amides is 1. The zero-order chi connectivity index (χ0) is 12.7. The second-order valence-corrected chi connectivity index (χ2v) is 3.34. The van der Waals surface area contributed by atoms with Crippen LogP contribution in [0.25, 0.3) is 0 Å². The zero-order valence-corrected chi connectivity index (χ0v) is 9.94. The van der Waals surface area contributed by atoms with Crippen LogP contribution in [-0.4, -0.2) is 17.7 Å². The molecule has 5 heteroatoms. The van der Waals surface area contributed by atoms with Crippen LogP contribution < -0.4 is 5.32 Å². The third-order valence-electron chi connectivity index (χ3n) is 1.75. The van der Waals surface area contributed by atoms with E-state index in [0.29, 0.717) is 0 Å². The summed E-state index contributed by atoms with van der Waals surface area (Å²) in [6.07, 6.45) is 0. The molecule has 0 unspecified atom stereocenters. The standard InChI is InChI=1S/C12H10FNO2S/c1-2-3-7-16-12(17)14-11(15)9-5-4-6-10(13)8-9/h4-6,8H,7H2,1H3,(H,14,15,17). The summed E-state index contributed by atoms with van der Waals surface area (Å²) in [6, 6.07) is 5.29. The van der Waals surface area contributed by atoms with Crippen molar-refractivity contribution in [3.8, 4) is 11.8 Å². The normalized spacial score (nSPS) is 8.82. The lowest BCUT2D eigenvalue weighted by Crippen LogP contribution is -2.30. The minimum Gasteiger partial charge on any atom is -0.458 e. The van der Waals surface area contributed by atoms with Gasteiger partial charge in [0.2, 0.25) is 0 Å². The molecule has 0 aliphatic rings. The SMILES string of the molecule is CC#CCOC(=S)NC(=O)c1cccc(F)c1. The Morgan fingerprint density at radius 2 is 2.35 bits per heavy atom.